The smallest absolute Gasteiger partial charge is 0.316 e. The Balaban J connectivity index is 2.27. The molecule has 86 valence electrons. The number of carbonyl (C=O) groups is 1. The summed E-state index contributed by atoms with van der Waals surface area (Å²) >= 11 is 3.32. The lowest BCUT2D eigenvalue weighted by Crippen LogP contribution is -2.55. The van der Waals surface area contributed by atoms with Gasteiger partial charge in [-0.2, -0.15) is 0 Å². The molecule has 1 saturated heterocycles. The first-order valence-electron chi connectivity index (χ1n) is 4.88. The van der Waals surface area contributed by atoms with Crippen molar-refractivity contribution in [3.63, 3.8) is 0 Å². The number of benzene rings is 1. The molecule has 4 nitrogen and oxygen atoms in total. The molecular weight excluding hydrogens is 274 g/mol. The summed E-state index contributed by atoms with van der Waals surface area (Å²) in [5.41, 5.74) is 5.86. The number of rotatable bonds is 3. The van der Waals surface area contributed by atoms with Crippen LogP contribution in [-0.4, -0.2) is 24.3 Å². The van der Waals surface area contributed by atoms with E-state index >= 15 is 0 Å². The third-order valence-electron chi connectivity index (χ3n) is 2.97. The monoisotopic (exact) mass is 285 g/mol. The van der Waals surface area contributed by atoms with E-state index in [1.54, 1.807) is 0 Å². The number of nitrogens with two attached hydrogens (primary N) is 1. The van der Waals surface area contributed by atoms with Crippen LogP contribution >= 0.6 is 15.9 Å². The van der Waals surface area contributed by atoms with Crippen molar-refractivity contribution in [3.05, 3.63) is 34.3 Å². The number of aliphatic carboxylic acids is 1. The molecule has 0 spiro atoms. The molecule has 1 fully saturated rings. The lowest BCUT2D eigenvalue weighted by Gasteiger charge is -2.41. The predicted octanol–water partition coefficient (Wildman–Crippen LogP) is 1.55. The summed E-state index contributed by atoms with van der Waals surface area (Å²) in [6, 6.07) is 6.83. The quantitative estimate of drug-likeness (QED) is 0.884. The Morgan fingerprint density at radius 1 is 1.44 bits per heavy atom. The van der Waals surface area contributed by atoms with Crippen molar-refractivity contribution in [2.75, 3.05) is 13.2 Å². The van der Waals surface area contributed by atoms with E-state index in [0.29, 0.717) is 0 Å². The average Bonchev–Trinajstić information content (AvgIpc) is 2.16. The van der Waals surface area contributed by atoms with Gasteiger partial charge in [0.1, 0.15) is 5.41 Å². The maximum Gasteiger partial charge on any atom is 0.316 e. The minimum Gasteiger partial charge on any atom is -0.481 e. The van der Waals surface area contributed by atoms with Crippen LogP contribution < -0.4 is 5.73 Å². The molecular formula is C11H12BrNO3. The fraction of sp³-hybridized carbons (Fsp3) is 0.364. The van der Waals surface area contributed by atoms with Crippen LogP contribution in [0.25, 0.3) is 0 Å². The predicted molar refractivity (Wildman–Crippen MR) is 62.0 cm³/mol. The Morgan fingerprint density at radius 3 is 2.38 bits per heavy atom. The van der Waals surface area contributed by atoms with Gasteiger partial charge < -0.3 is 15.6 Å². The van der Waals surface area contributed by atoms with Crippen molar-refractivity contribution in [2.45, 2.75) is 6.04 Å². The zero-order valence-corrected chi connectivity index (χ0v) is 10.1. The second-order valence-electron chi connectivity index (χ2n) is 3.98. The molecule has 1 heterocycles. The van der Waals surface area contributed by atoms with Gasteiger partial charge in [-0.15, -0.1) is 0 Å². The molecule has 1 unspecified atom stereocenters. The molecule has 0 aliphatic carbocycles. The maximum atomic E-state index is 11.2. The van der Waals surface area contributed by atoms with Crippen molar-refractivity contribution in [2.24, 2.45) is 11.1 Å². The van der Waals surface area contributed by atoms with E-state index in [-0.39, 0.29) is 13.2 Å². The molecule has 0 aromatic heterocycles. The molecule has 16 heavy (non-hydrogen) atoms. The minimum atomic E-state index is -0.964. The lowest BCUT2D eigenvalue weighted by atomic mass is 9.76. The zero-order valence-electron chi connectivity index (χ0n) is 8.52. The molecule has 5 heteroatoms. The van der Waals surface area contributed by atoms with E-state index < -0.39 is 17.4 Å². The number of carboxylic acids is 1. The van der Waals surface area contributed by atoms with Crippen LogP contribution in [0.15, 0.2) is 28.7 Å². The van der Waals surface area contributed by atoms with Crippen LogP contribution in [0.1, 0.15) is 11.6 Å². The maximum absolute atomic E-state index is 11.2. The first kappa shape index (κ1) is 11.6. The van der Waals surface area contributed by atoms with Gasteiger partial charge in [0.15, 0.2) is 0 Å². The number of hydrogen-bond acceptors (Lipinski definition) is 3. The van der Waals surface area contributed by atoms with Gasteiger partial charge >= 0.3 is 5.97 Å². The Morgan fingerprint density at radius 2 is 2.00 bits per heavy atom. The Bertz CT molecular complexity index is 400. The van der Waals surface area contributed by atoms with Gasteiger partial charge in [-0.1, -0.05) is 28.1 Å². The van der Waals surface area contributed by atoms with Gasteiger partial charge in [0.05, 0.1) is 19.3 Å². The first-order chi connectivity index (χ1) is 7.56. The topological polar surface area (TPSA) is 72.6 Å². The second kappa shape index (κ2) is 4.16. The largest absolute Gasteiger partial charge is 0.481 e. The summed E-state index contributed by atoms with van der Waals surface area (Å²) in [6.45, 7) is 0.360. The van der Waals surface area contributed by atoms with E-state index in [1.807, 2.05) is 24.3 Å². The van der Waals surface area contributed by atoms with Gasteiger partial charge in [-0.3, -0.25) is 4.79 Å². The highest BCUT2D eigenvalue weighted by molar-refractivity contribution is 9.10. The number of halogens is 1. The molecule has 3 N–H and O–H groups in total. The van der Waals surface area contributed by atoms with Gasteiger partial charge in [-0.05, 0) is 17.7 Å². The second-order valence-corrected chi connectivity index (χ2v) is 4.90. The number of carboxylic acid groups (broad SMARTS) is 1. The fourth-order valence-electron chi connectivity index (χ4n) is 1.75. The van der Waals surface area contributed by atoms with Crippen LogP contribution in [0.2, 0.25) is 0 Å². The van der Waals surface area contributed by atoms with Crippen LogP contribution in [0.3, 0.4) is 0 Å². The number of hydrogen-bond donors (Lipinski definition) is 2. The van der Waals surface area contributed by atoms with Crippen molar-refractivity contribution in [3.8, 4) is 0 Å². The Kier molecular flexibility index (Phi) is 3.01. The highest BCUT2D eigenvalue weighted by Crippen LogP contribution is 2.39. The highest BCUT2D eigenvalue weighted by atomic mass is 79.9. The third kappa shape index (κ3) is 1.75. The summed E-state index contributed by atoms with van der Waals surface area (Å²) in [5.74, 6) is -0.894. The molecule has 1 aromatic rings. The summed E-state index contributed by atoms with van der Waals surface area (Å²) in [5, 5.41) is 9.20. The van der Waals surface area contributed by atoms with E-state index in [9.17, 15) is 9.90 Å². The molecule has 0 amide bonds. The molecule has 0 radical (unpaired) electrons. The van der Waals surface area contributed by atoms with Crippen molar-refractivity contribution >= 4 is 21.9 Å². The minimum absolute atomic E-state index is 0.180. The van der Waals surface area contributed by atoms with Gasteiger partial charge in [-0.25, -0.2) is 0 Å². The zero-order chi connectivity index (χ0) is 11.8. The summed E-state index contributed by atoms with van der Waals surface area (Å²) < 4.78 is 5.94. The molecule has 2 rings (SSSR count). The van der Waals surface area contributed by atoms with Gasteiger partial charge in [0.2, 0.25) is 0 Å². The molecule has 1 atom stereocenters. The van der Waals surface area contributed by atoms with Crippen molar-refractivity contribution < 1.29 is 14.6 Å². The molecule has 1 aliphatic heterocycles. The molecule has 0 saturated carbocycles. The van der Waals surface area contributed by atoms with E-state index in [2.05, 4.69) is 15.9 Å². The summed E-state index contributed by atoms with van der Waals surface area (Å²) in [4.78, 5) is 11.2. The third-order valence-corrected chi connectivity index (χ3v) is 3.50. The lowest BCUT2D eigenvalue weighted by molar-refractivity contribution is -0.184. The molecule has 1 aromatic carbocycles. The Labute approximate surface area is 102 Å². The average molecular weight is 286 g/mol. The SMILES string of the molecule is NC(c1ccc(Br)cc1)C1(C(=O)O)COC1. The van der Waals surface area contributed by atoms with Crippen molar-refractivity contribution in [1.82, 2.24) is 0 Å². The fourth-order valence-corrected chi connectivity index (χ4v) is 2.01. The molecule has 1 aliphatic rings. The van der Waals surface area contributed by atoms with E-state index in [0.717, 1.165) is 10.0 Å². The van der Waals surface area contributed by atoms with Crippen LogP contribution in [0, 0.1) is 5.41 Å². The van der Waals surface area contributed by atoms with Crippen LogP contribution in [0.5, 0.6) is 0 Å². The van der Waals surface area contributed by atoms with Gasteiger partial charge in [0, 0.05) is 4.47 Å². The summed E-state index contributed by atoms with van der Waals surface area (Å²) in [6.07, 6.45) is 0. The molecule has 0 bridgehead atoms. The summed E-state index contributed by atoms with van der Waals surface area (Å²) in [7, 11) is 0. The highest BCUT2D eigenvalue weighted by Gasteiger charge is 2.51. The first-order valence-corrected chi connectivity index (χ1v) is 5.68. The van der Waals surface area contributed by atoms with Crippen LogP contribution in [-0.2, 0) is 9.53 Å². The van der Waals surface area contributed by atoms with E-state index in [1.165, 1.54) is 0 Å². The van der Waals surface area contributed by atoms with Crippen LogP contribution in [0.4, 0.5) is 0 Å². The van der Waals surface area contributed by atoms with Gasteiger partial charge in [0.25, 0.3) is 0 Å². The van der Waals surface area contributed by atoms with E-state index in [4.69, 9.17) is 10.5 Å². The normalized spacial score (nSPS) is 19.9. The van der Waals surface area contributed by atoms with Crippen molar-refractivity contribution in [1.29, 1.82) is 0 Å². The number of ether oxygens (including phenoxy) is 1. The Hall–Kier alpha value is -0.910. The standard InChI is InChI=1S/C11H12BrNO3/c12-8-3-1-7(2-4-8)9(13)11(10(14)15)5-16-6-11/h1-4,9H,5-6,13H2,(H,14,15).